The molecule has 0 aromatic carbocycles. The number of nitrogens with zero attached hydrogens (tertiary/aromatic N) is 1. The Kier molecular flexibility index (Phi) is 84.2. The number of rotatable bonds is 90. The number of unbranched alkanes of at least 4 members (excludes halogenated alkanes) is 72. The van der Waals surface area contributed by atoms with Crippen LogP contribution in [-0.2, 0) is 32.7 Å². The van der Waals surface area contributed by atoms with Gasteiger partial charge >= 0.3 is 19.8 Å². The van der Waals surface area contributed by atoms with E-state index < -0.39 is 26.5 Å². The topological polar surface area (TPSA) is 108 Å². The minimum absolute atomic E-state index is 0.0368. The van der Waals surface area contributed by atoms with Gasteiger partial charge in [0, 0.05) is 12.8 Å². The summed E-state index contributed by atoms with van der Waals surface area (Å²) < 4.78 is 34.9. The van der Waals surface area contributed by atoms with E-state index in [9.17, 15) is 19.0 Å². The van der Waals surface area contributed by atoms with Crippen molar-refractivity contribution in [3.63, 3.8) is 0 Å². The molecule has 0 aromatic heterocycles. The molecule has 0 spiro atoms. The zero-order valence-electron chi connectivity index (χ0n) is 71.1. The smallest absolute Gasteiger partial charge is 0.462 e. The second-order valence-electron chi connectivity index (χ2n) is 33.8. The van der Waals surface area contributed by atoms with E-state index in [0.717, 1.165) is 38.5 Å². The fourth-order valence-corrected chi connectivity index (χ4v) is 15.5. The number of phosphoric ester groups is 1. The van der Waals surface area contributed by atoms with Crippen LogP contribution in [0.3, 0.4) is 0 Å². The van der Waals surface area contributed by atoms with Crippen LogP contribution in [0, 0.1) is 0 Å². The molecular weight excluding hydrogens is 1300 g/mol. The van der Waals surface area contributed by atoms with Gasteiger partial charge in [0.25, 0.3) is 0 Å². The SMILES string of the molecule is CCCCCCCCCC/C=C\CCCCCCCCCCCCCCCCCCCCCCCCCCCCCCCC(=O)OC(COC(=O)CCCCCCCCCCCCCCCCCCCCCCCCCCCCC/C=C\CCCCCCCCCC)COP(=O)(O)OCC[N+](C)(C)C. The Labute approximate surface area is 650 Å². The average molecular weight is 1490 g/mol. The molecule has 0 aliphatic heterocycles. The van der Waals surface area contributed by atoms with E-state index >= 15 is 0 Å². The number of allylic oxidation sites excluding steroid dienone is 4. The summed E-state index contributed by atoms with van der Waals surface area (Å²) in [5, 5.41) is 0. The molecule has 0 fully saturated rings. The summed E-state index contributed by atoms with van der Waals surface area (Å²) in [6.45, 7) is 4.54. The van der Waals surface area contributed by atoms with Crippen LogP contribution >= 0.6 is 7.82 Å². The molecule has 1 N–H and O–H groups in total. The molecule has 0 aliphatic carbocycles. The van der Waals surface area contributed by atoms with E-state index in [1.807, 2.05) is 21.1 Å². The number of ether oxygens (including phenoxy) is 2. The quantitative estimate of drug-likeness (QED) is 0.0211. The maximum atomic E-state index is 13.0. The number of esters is 2. The number of quaternary nitrogens is 1. The number of carbonyl (C=O) groups is 2. The highest BCUT2D eigenvalue weighted by molar-refractivity contribution is 7.47. The maximum Gasteiger partial charge on any atom is 0.472 e. The highest BCUT2D eigenvalue weighted by Gasteiger charge is 2.27. The average Bonchev–Trinajstić information content (AvgIpc) is 0.920. The Morgan fingerprint density at radius 2 is 0.490 bits per heavy atom. The van der Waals surface area contributed by atoms with Gasteiger partial charge in [0.15, 0.2) is 6.10 Å². The Bertz CT molecular complexity index is 1800. The van der Waals surface area contributed by atoms with Gasteiger partial charge in [0.1, 0.15) is 19.8 Å². The summed E-state index contributed by atoms with van der Waals surface area (Å²) in [5.74, 6) is -0.764. The number of phosphoric acid groups is 1. The number of hydrogen-bond acceptors (Lipinski definition) is 7. The lowest BCUT2D eigenvalue weighted by atomic mass is 10.0. The van der Waals surface area contributed by atoms with Crippen LogP contribution < -0.4 is 0 Å². The largest absolute Gasteiger partial charge is 0.472 e. The van der Waals surface area contributed by atoms with Gasteiger partial charge < -0.3 is 18.9 Å². The van der Waals surface area contributed by atoms with E-state index in [4.69, 9.17) is 18.5 Å². The van der Waals surface area contributed by atoms with Crippen LogP contribution in [0.2, 0.25) is 0 Å². The minimum atomic E-state index is -4.39. The summed E-state index contributed by atoms with van der Waals surface area (Å²) in [6.07, 6.45) is 113. The molecule has 0 bridgehead atoms. The molecule has 0 amide bonds. The first-order chi connectivity index (χ1) is 51.0. The van der Waals surface area contributed by atoms with E-state index in [-0.39, 0.29) is 25.6 Å². The normalized spacial score (nSPS) is 12.9. The van der Waals surface area contributed by atoms with Crippen LogP contribution in [-0.4, -0.2) is 74.9 Å². The first-order valence-electron chi connectivity index (χ1n) is 47.1. The van der Waals surface area contributed by atoms with Crippen molar-refractivity contribution in [2.75, 3.05) is 47.5 Å². The lowest BCUT2D eigenvalue weighted by Crippen LogP contribution is -2.37. The Morgan fingerprint density at radius 1 is 0.288 bits per heavy atom. The van der Waals surface area contributed by atoms with Crippen LogP contribution in [0.15, 0.2) is 24.3 Å². The van der Waals surface area contributed by atoms with Crippen molar-refractivity contribution in [1.82, 2.24) is 0 Å². The van der Waals surface area contributed by atoms with E-state index in [1.54, 1.807) is 0 Å². The molecule has 0 aliphatic rings. The van der Waals surface area contributed by atoms with E-state index in [1.165, 1.54) is 449 Å². The molecule has 0 radical (unpaired) electrons. The fraction of sp³-hybridized carbons (Fsp3) is 0.936. The summed E-state index contributed by atoms with van der Waals surface area (Å²) >= 11 is 0. The van der Waals surface area contributed by atoms with Gasteiger partial charge in [-0.2, -0.15) is 0 Å². The third-order valence-corrected chi connectivity index (χ3v) is 22.9. The summed E-state index contributed by atoms with van der Waals surface area (Å²) in [5.41, 5.74) is 0. The second-order valence-corrected chi connectivity index (χ2v) is 35.2. The van der Waals surface area contributed by atoms with Crippen molar-refractivity contribution in [1.29, 1.82) is 0 Å². The second kappa shape index (κ2) is 85.5. The van der Waals surface area contributed by atoms with Crippen molar-refractivity contribution in [2.24, 2.45) is 0 Å². The molecule has 618 valence electrons. The van der Waals surface area contributed by atoms with Gasteiger partial charge in [0.2, 0.25) is 0 Å². The summed E-state index contributed by atoms with van der Waals surface area (Å²) in [6, 6.07) is 0. The van der Waals surface area contributed by atoms with Gasteiger partial charge in [-0.1, -0.05) is 462 Å². The zero-order chi connectivity index (χ0) is 75.4. The summed E-state index contributed by atoms with van der Waals surface area (Å²) in [4.78, 5) is 36.1. The predicted octanol–water partition coefficient (Wildman–Crippen LogP) is 31.9. The molecule has 0 saturated heterocycles. The lowest BCUT2D eigenvalue weighted by Gasteiger charge is -2.24. The van der Waals surface area contributed by atoms with E-state index in [2.05, 4.69) is 38.2 Å². The van der Waals surface area contributed by atoms with Crippen molar-refractivity contribution < 1.29 is 42.1 Å². The Balaban J connectivity index is 3.80. The number of likely N-dealkylation sites (N-methyl/N-ethyl adjacent to an activating group) is 1. The molecule has 0 rings (SSSR count). The minimum Gasteiger partial charge on any atom is -0.462 e. The van der Waals surface area contributed by atoms with Crippen molar-refractivity contribution >= 4 is 19.8 Å². The van der Waals surface area contributed by atoms with Crippen LogP contribution in [0.5, 0.6) is 0 Å². The van der Waals surface area contributed by atoms with Crippen LogP contribution in [0.25, 0.3) is 0 Å². The Hall–Kier alpha value is -1.51. The van der Waals surface area contributed by atoms with Crippen molar-refractivity contribution in [2.45, 2.75) is 521 Å². The highest BCUT2D eigenvalue weighted by atomic mass is 31.2. The van der Waals surface area contributed by atoms with Gasteiger partial charge in [-0.25, -0.2) is 4.57 Å². The monoisotopic (exact) mass is 1490 g/mol. The van der Waals surface area contributed by atoms with E-state index in [0.29, 0.717) is 17.4 Å². The fourth-order valence-electron chi connectivity index (χ4n) is 14.8. The third kappa shape index (κ3) is 89.4. The first-order valence-corrected chi connectivity index (χ1v) is 48.6. The standard InChI is InChI=1S/C94H184NO8P/c1-6-8-10-12-14-16-18-20-22-24-26-28-30-32-34-36-38-40-42-44-46-47-49-51-53-55-57-59-61-63-65-67-69-71-73-75-77-79-81-83-85-87-94(97)103-92(91-102-104(98,99)101-89-88-95(3,4)5)90-100-93(96)86-84-82-80-78-76-74-72-70-68-66-64-62-60-58-56-54-52-50-48-45-43-41-39-37-35-33-31-29-27-25-23-21-19-17-15-13-11-9-7-2/h24-27,92H,6-23,28-91H2,1-5H3/p+1/b26-24-,27-25-. The van der Waals surface area contributed by atoms with Crippen molar-refractivity contribution in [3.05, 3.63) is 24.3 Å². The molecule has 2 unspecified atom stereocenters. The lowest BCUT2D eigenvalue weighted by molar-refractivity contribution is -0.870. The molecular formula is C94H185NO8P+. The molecule has 0 aromatic rings. The molecule has 9 nitrogen and oxygen atoms in total. The Morgan fingerprint density at radius 3 is 0.712 bits per heavy atom. The molecule has 2 atom stereocenters. The highest BCUT2D eigenvalue weighted by Crippen LogP contribution is 2.43. The third-order valence-electron chi connectivity index (χ3n) is 22.0. The maximum absolute atomic E-state index is 13.0. The van der Waals surface area contributed by atoms with Crippen molar-refractivity contribution in [3.8, 4) is 0 Å². The van der Waals surface area contributed by atoms with Gasteiger partial charge in [-0.3, -0.25) is 18.6 Å². The van der Waals surface area contributed by atoms with Gasteiger partial charge in [-0.05, 0) is 64.2 Å². The zero-order valence-corrected chi connectivity index (χ0v) is 72.0. The van der Waals surface area contributed by atoms with Crippen LogP contribution in [0.4, 0.5) is 0 Å². The summed E-state index contributed by atoms with van der Waals surface area (Å²) in [7, 11) is 1.51. The molecule has 0 heterocycles. The molecule has 0 saturated carbocycles. The van der Waals surface area contributed by atoms with Gasteiger partial charge in [-0.15, -0.1) is 0 Å². The number of carbonyl (C=O) groups excluding carboxylic acids is 2. The van der Waals surface area contributed by atoms with Gasteiger partial charge in [0.05, 0.1) is 27.7 Å². The predicted molar refractivity (Wildman–Crippen MR) is 455 cm³/mol. The molecule has 10 heteroatoms. The molecule has 104 heavy (non-hydrogen) atoms. The number of hydrogen-bond donors (Lipinski definition) is 1. The van der Waals surface area contributed by atoms with Crippen LogP contribution in [0.1, 0.15) is 515 Å². The first kappa shape index (κ1) is 102.